The average molecular weight is 292 g/mol. The van der Waals surface area contributed by atoms with Crippen molar-refractivity contribution in [3.63, 3.8) is 0 Å². The van der Waals surface area contributed by atoms with Gasteiger partial charge in [-0.25, -0.2) is 0 Å². The molecule has 2 aromatic carbocycles. The highest BCUT2D eigenvalue weighted by atomic mass is 35.5. The third-order valence-electron chi connectivity index (χ3n) is 2.72. The van der Waals surface area contributed by atoms with Gasteiger partial charge in [-0.3, -0.25) is 4.79 Å². The summed E-state index contributed by atoms with van der Waals surface area (Å²) in [7, 11) is 0. The molecule has 0 aromatic heterocycles. The summed E-state index contributed by atoms with van der Waals surface area (Å²) in [4.78, 5) is 13.1. The first-order valence-corrected chi connectivity index (χ1v) is 7.46. The zero-order valence-electron chi connectivity index (χ0n) is 10.5. The second-order valence-electron chi connectivity index (χ2n) is 4.04. The quantitative estimate of drug-likeness (QED) is 0.863. The molecule has 0 heterocycles. The van der Waals surface area contributed by atoms with Crippen molar-refractivity contribution < 1.29 is 4.79 Å². The molecule has 2 nitrogen and oxygen atoms in total. The van der Waals surface area contributed by atoms with Crippen LogP contribution in [0.5, 0.6) is 0 Å². The van der Waals surface area contributed by atoms with Crippen molar-refractivity contribution >= 4 is 29.3 Å². The molecule has 2 aromatic rings. The zero-order chi connectivity index (χ0) is 13.7. The van der Waals surface area contributed by atoms with Crippen LogP contribution in [0.25, 0.3) is 0 Å². The van der Waals surface area contributed by atoms with E-state index < -0.39 is 0 Å². The normalized spacial score (nSPS) is 10.2. The Hall–Kier alpha value is -1.45. The van der Waals surface area contributed by atoms with Gasteiger partial charge in [0, 0.05) is 22.0 Å². The van der Waals surface area contributed by atoms with Crippen molar-refractivity contribution in [2.75, 3.05) is 6.26 Å². The number of hydrogen-bond acceptors (Lipinski definition) is 2. The highest BCUT2D eigenvalue weighted by molar-refractivity contribution is 7.98. The van der Waals surface area contributed by atoms with Gasteiger partial charge in [-0.2, -0.15) is 0 Å². The average Bonchev–Trinajstić information content (AvgIpc) is 2.46. The summed E-state index contributed by atoms with van der Waals surface area (Å²) in [5.74, 6) is -0.0920. The summed E-state index contributed by atoms with van der Waals surface area (Å²) >= 11 is 7.48. The monoisotopic (exact) mass is 291 g/mol. The van der Waals surface area contributed by atoms with Gasteiger partial charge < -0.3 is 5.32 Å². The van der Waals surface area contributed by atoms with Gasteiger partial charge in [0.1, 0.15) is 0 Å². The Kier molecular flexibility index (Phi) is 4.88. The van der Waals surface area contributed by atoms with Crippen LogP contribution < -0.4 is 5.32 Å². The summed E-state index contributed by atoms with van der Waals surface area (Å²) < 4.78 is 0. The number of hydrogen-bond donors (Lipinski definition) is 1. The van der Waals surface area contributed by atoms with E-state index >= 15 is 0 Å². The van der Waals surface area contributed by atoms with Crippen LogP contribution in [0.3, 0.4) is 0 Å². The summed E-state index contributed by atoms with van der Waals surface area (Å²) in [6, 6.07) is 15.0. The molecule has 1 amide bonds. The Labute approximate surface area is 122 Å². The van der Waals surface area contributed by atoms with Gasteiger partial charge in [0.25, 0.3) is 5.91 Å². The number of nitrogens with one attached hydrogen (secondary N) is 1. The number of thioether (sulfide) groups is 1. The van der Waals surface area contributed by atoms with Crippen molar-refractivity contribution in [3.05, 3.63) is 64.7 Å². The molecular formula is C15H14ClNOS. The molecule has 98 valence electrons. The maximum atomic E-state index is 11.9. The van der Waals surface area contributed by atoms with E-state index in [1.165, 1.54) is 4.90 Å². The SMILES string of the molecule is CSc1ccc(CNC(=O)c2ccc(Cl)cc2)cc1. The van der Waals surface area contributed by atoms with Gasteiger partial charge in [-0.1, -0.05) is 23.7 Å². The van der Waals surface area contributed by atoms with E-state index in [1.807, 2.05) is 18.4 Å². The van der Waals surface area contributed by atoms with Crippen molar-refractivity contribution in [1.82, 2.24) is 5.32 Å². The van der Waals surface area contributed by atoms with Crippen LogP contribution in [-0.4, -0.2) is 12.2 Å². The number of amides is 1. The summed E-state index contributed by atoms with van der Waals surface area (Å²) in [5.41, 5.74) is 1.70. The van der Waals surface area contributed by atoms with Crippen molar-refractivity contribution in [2.45, 2.75) is 11.4 Å². The van der Waals surface area contributed by atoms with Crippen molar-refractivity contribution in [1.29, 1.82) is 0 Å². The lowest BCUT2D eigenvalue weighted by Crippen LogP contribution is -2.22. The molecule has 0 bridgehead atoms. The van der Waals surface area contributed by atoms with Crippen LogP contribution in [0.1, 0.15) is 15.9 Å². The van der Waals surface area contributed by atoms with Crippen LogP contribution in [0, 0.1) is 0 Å². The lowest BCUT2D eigenvalue weighted by molar-refractivity contribution is 0.0951. The number of rotatable bonds is 4. The molecule has 0 radical (unpaired) electrons. The molecule has 19 heavy (non-hydrogen) atoms. The lowest BCUT2D eigenvalue weighted by Gasteiger charge is -2.06. The number of halogens is 1. The summed E-state index contributed by atoms with van der Waals surface area (Å²) in [5, 5.41) is 3.51. The van der Waals surface area contributed by atoms with Gasteiger partial charge in [0.2, 0.25) is 0 Å². The van der Waals surface area contributed by atoms with E-state index in [4.69, 9.17) is 11.6 Å². The van der Waals surface area contributed by atoms with E-state index in [0.29, 0.717) is 17.1 Å². The first-order valence-electron chi connectivity index (χ1n) is 5.86. The Balaban J connectivity index is 1.94. The Morgan fingerprint density at radius 2 is 1.74 bits per heavy atom. The van der Waals surface area contributed by atoms with Gasteiger partial charge in [0.15, 0.2) is 0 Å². The van der Waals surface area contributed by atoms with Gasteiger partial charge in [-0.15, -0.1) is 11.8 Å². The van der Waals surface area contributed by atoms with Crippen LogP contribution in [0.4, 0.5) is 0 Å². The topological polar surface area (TPSA) is 29.1 Å². The fourth-order valence-electron chi connectivity index (χ4n) is 1.63. The maximum Gasteiger partial charge on any atom is 0.251 e. The highest BCUT2D eigenvalue weighted by Crippen LogP contribution is 2.15. The van der Waals surface area contributed by atoms with E-state index in [-0.39, 0.29) is 5.91 Å². The molecule has 0 spiro atoms. The fourth-order valence-corrected chi connectivity index (χ4v) is 2.16. The van der Waals surface area contributed by atoms with Crippen LogP contribution >= 0.6 is 23.4 Å². The summed E-state index contributed by atoms with van der Waals surface area (Å²) in [6.45, 7) is 0.524. The first kappa shape index (κ1) is 14.0. The molecule has 2 rings (SSSR count). The predicted octanol–water partition coefficient (Wildman–Crippen LogP) is 3.99. The molecule has 4 heteroatoms. The second-order valence-corrected chi connectivity index (χ2v) is 5.35. The minimum atomic E-state index is -0.0920. The van der Waals surface area contributed by atoms with E-state index in [1.54, 1.807) is 36.0 Å². The molecule has 0 aliphatic carbocycles. The molecule has 0 aliphatic rings. The van der Waals surface area contributed by atoms with Crippen LogP contribution in [0.2, 0.25) is 5.02 Å². The standard InChI is InChI=1S/C15H14ClNOS/c1-19-14-8-2-11(3-9-14)10-17-15(18)12-4-6-13(16)7-5-12/h2-9H,10H2,1H3,(H,17,18). The molecule has 0 fully saturated rings. The molecule has 0 aliphatic heterocycles. The van der Waals surface area contributed by atoms with Crippen molar-refractivity contribution in [2.24, 2.45) is 0 Å². The highest BCUT2D eigenvalue weighted by Gasteiger charge is 2.04. The largest absolute Gasteiger partial charge is 0.348 e. The third-order valence-corrected chi connectivity index (χ3v) is 3.71. The van der Waals surface area contributed by atoms with E-state index in [9.17, 15) is 4.79 Å². The van der Waals surface area contributed by atoms with E-state index in [0.717, 1.165) is 5.56 Å². The molecule has 0 unspecified atom stereocenters. The Bertz CT molecular complexity index is 551. The van der Waals surface area contributed by atoms with Gasteiger partial charge in [0.05, 0.1) is 0 Å². The molecule has 0 saturated heterocycles. The third kappa shape index (κ3) is 4.01. The number of carbonyl (C=O) groups excluding carboxylic acids is 1. The second kappa shape index (κ2) is 6.64. The number of benzene rings is 2. The van der Waals surface area contributed by atoms with Crippen LogP contribution in [-0.2, 0) is 6.54 Å². The predicted molar refractivity (Wildman–Crippen MR) is 80.8 cm³/mol. The molecule has 1 N–H and O–H groups in total. The van der Waals surface area contributed by atoms with Crippen molar-refractivity contribution in [3.8, 4) is 0 Å². The Morgan fingerprint density at radius 1 is 1.11 bits per heavy atom. The van der Waals surface area contributed by atoms with Gasteiger partial charge in [-0.05, 0) is 48.2 Å². The Morgan fingerprint density at radius 3 is 2.32 bits per heavy atom. The smallest absolute Gasteiger partial charge is 0.251 e. The lowest BCUT2D eigenvalue weighted by atomic mass is 10.2. The fraction of sp³-hybridized carbons (Fsp3) is 0.133. The van der Waals surface area contributed by atoms with Crippen LogP contribution in [0.15, 0.2) is 53.4 Å². The van der Waals surface area contributed by atoms with E-state index in [2.05, 4.69) is 17.4 Å². The molecule has 0 saturated carbocycles. The number of carbonyl (C=O) groups is 1. The zero-order valence-corrected chi connectivity index (χ0v) is 12.1. The van der Waals surface area contributed by atoms with Gasteiger partial charge >= 0.3 is 0 Å². The minimum absolute atomic E-state index is 0.0920. The minimum Gasteiger partial charge on any atom is -0.348 e. The first-order chi connectivity index (χ1) is 9.19. The molecular weight excluding hydrogens is 278 g/mol. The maximum absolute atomic E-state index is 11.9. The molecule has 0 atom stereocenters. The summed E-state index contributed by atoms with van der Waals surface area (Å²) in [6.07, 6.45) is 2.04.